The molecule has 1 N–H and O–H groups in total. The Bertz CT molecular complexity index is 1020. The zero-order valence-corrected chi connectivity index (χ0v) is 18.7. The van der Waals surface area contributed by atoms with Crippen LogP contribution in [0.15, 0.2) is 75.2 Å². The highest BCUT2D eigenvalue weighted by molar-refractivity contribution is 7.99. The van der Waals surface area contributed by atoms with Crippen LogP contribution in [0.2, 0.25) is 5.02 Å². The van der Waals surface area contributed by atoms with Crippen molar-refractivity contribution in [3.8, 4) is 0 Å². The number of benzene rings is 1. The van der Waals surface area contributed by atoms with E-state index in [2.05, 4.69) is 27.3 Å². The number of nitrogens with zero attached hydrogens (tertiary/aromatic N) is 2. The first-order valence-electron chi connectivity index (χ1n) is 10.2. The summed E-state index contributed by atoms with van der Waals surface area (Å²) >= 11 is 13.4. The minimum Gasteiger partial charge on any atom is -0.452 e. The molecule has 3 heterocycles. The number of aromatic nitrogens is 1. The first kappa shape index (κ1) is 19.9. The van der Waals surface area contributed by atoms with Crippen LogP contribution < -0.4 is 5.32 Å². The molecule has 1 saturated carbocycles. The highest BCUT2D eigenvalue weighted by Gasteiger charge is 2.45. The monoisotopic (exact) mass is 455 g/mol. The zero-order valence-electron chi connectivity index (χ0n) is 16.3. The van der Waals surface area contributed by atoms with E-state index >= 15 is 0 Å². The van der Waals surface area contributed by atoms with Gasteiger partial charge in [0.05, 0.1) is 11.7 Å². The van der Waals surface area contributed by atoms with E-state index in [4.69, 9.17) is 28.2 Å². The van der Waals surface area contributed by atoms with Gasteiger partial charge in [0, 0.05) is 22.2 Å². The second-order valence-electron chi connectivity index (χ2n) is 7.68. The second kappa shape index (κ2) is 8.61. The van der Waals surface area contributed by atoms with E-state index in [1.165, 1.54) is 25.7 Å². The van der Waals surface area contributed by atoms with Crippen molar-refractivity contribution in [3.63, 3.8) is 0 Å². The standard InChI is InChI=1S/C23H22ClN3OS2/c24-15-8-10-17(11-9-15)30-20-13-12-19(28-20)22-21(18-7-3-4-14-25-18)26-23(29)27(22)16-5-1-2-6-16/h3-4,7-14,16,21-22H,1-2,5-6H2,(H,26,29)/t21-,22+/m0/s1. The summed E-state index contributed by atoms with van der Waals surface area (Å²) in [7, 11) is 0. The normalized spacial score (nSPS) is 21.9. The van der Waals surface area contributed by atoms with Crippen LogP contribution in [-0.4, -0.2) is 21.0 Å². The molecule has 2 fully saturated rings. The lowest BCUT2D eigenvalue weighted by molar-refractivity contribution is 0.210. The molecule has 1 aliphatic carbocycles. The van der Waals surface area contributed by atoms with Crippen LogP contribution in [0.3, 0.4) is 0 Å². The van der Waals surface area contributed by atoms with E-state index in [9.17, 15) is 0 Å². The number of halogens is 1. The number of pyridine rings is 1. The highest BCUT2D eigenvalue weighted by Crippen LogP contribution is 2.44. The zero-order chi connectivity index (χ0) is 20.5. The van der Waals surface area contributed by atoms with Gasteiger partial charge in [-0.2, -0.15) is 0 Å². The van der Waals surface area contributed by atoms with Crippen molar-refractivity contribution in [1.29, 1.82) is 0 Å². The Labute approximate surface area is 191 Å². The van der Waals surface area contributed by atoms with E-state index in [-0.39, 0.29) is 12.1 Å². The van der Waals surface area contributed by atoms with Gasteiger partial charge >= 0.3 is 0 Å². The maximum Gasteiger partial charge on any atom is 0.170 e. The van der Waals surface area contributed by atoms with Gasteiger partial charge in [0.15, 0.2) is 10.2 Å². The summed E-state index contributed by atoms with van der Waals surface area (Å²) < 4.78 is 6.35. The van der Waals surface area contributed by atoms with Crippen molar-refractivity contribution < 1.29 is 4.42 Å². The summed E-state index contributed by atoms with van der Waals surface area (Å²) in [6.07, 6.45) is 6.67. The van der Waals surface area contributed by atoms with E-state index < -0.39 is 0 Å². The van der Waals surface area contributed by atoms with Crippen molar-refractivity contribution in [1.82, 2.24) is 15.2 Å². The van der Waals surface area contributed by atoms with Crippen LogP contribution in [0.25, 0.3) is 0 Å². The number of furan rings is 1. The van der Waals surface area contributed by atoms with Crippen LogP contribution in [0.5, 0.6) is 0 Å². The van der Waals surface area contributed by atoms with Gasteiger partial charge in [0.1, 0.15) is 11.8 Å². The van der Waals surface area contributed by atoms with Gasteiger partial charge in [-0.15, -0.1) is 0 Å². The molecule has 2 aromatic heterocycles. The summed E-state index contributed by atoms with van der Waals surface area (Å²) in [4.78, 5) is 8.06. The number of hydrogen-bond donors (Lipinski definition) is 1. The van der Waals surface area contributed by atoms with Gasteiger partial charge in [0.2, 0.25) is 0 Å². The van der Waals surface area contributed by atoms with Crippen LogP contribution in [0.4, 0.5) is 0 Å². The fourth-order valence-electron chi connectivity index (χ4n) is 4.41. The lowest BCUT2D eigenvalue weighted by atomic mass is 10.0. The maximum absolute atomic E-state index is 6.35. The molecule has 0 unspecified atom stereocenters. The third-order valence-electron chi connectivity index (χ3n) is 5.78. The molecule has 30 heavy (non-hydrogen) atoms. The lowest BCUT2D eigenvalue weighted by Gasteiger charge is -2.31. The average molecular weight is 456 g/mol. The molecular weight excluding hydrogens is 434 g/mol. The molecule has 2 atom stereocenters. The Morgan fingerprint density at radius 3 is 2.60 bits per heavy atom. The quantitative estimate of drug-likeness (QED) is 0.449. The Hall–Kier alpha value is -2.02. The van der Waals surface area contributed by atoms with Crippen molar-refractivity contribution in [3.05, 3.63) is 77.3 Å². The Morgan fingerprint density at radius 2 is 1.87 bits per heavy atom. The molecular formula is C23H22ClN3OS2. The molecule has 4 nitrogen and oxygen atoms in total. The molecule has 1 aromatic carbocycles. The van der Waals surface area contributed by atoms with E-state index in [1.54, 1.807) is 11.8 Å². The van der Waals surface area contributed by atoms with Gasteiger partial charge in [-0.05, 0) is 73.6 Å². The summed E-state index contributed by atoms with van der Waals surface area (Å²) in [5.41, 5.74) is 0.980. The first-order chi connectivity index (χ1) is 14.7. The van der Waals surface area contributed by atoms with Gasteiger partial charge in [-0.1, -0.05) is 42.3 Å². The lowest BCUT2D eigenvalue weighted by Crippen LogP contribution is -2.37. The summed E-state index contributed by atoms with van der Waals surface area (Å²) in [5.74, 6) is 0.918. The summed E-state index contributed by atoms with van der Waals surface area (Å²) in [5, 5.41) is 5.91. The van der Waals surface area contributed by atoms with E-state index in [0.717, 1.165) is 31.6 Å². The van der Waals surface area contributed by atoms with Crippen molar-refractivity contribution >= 4 is 40.7 Å². The molecule has 5 rings (SSSR count). The smallest absolute Gasteiger partial charge is 0.170 e. The maximum atomic E-state index is 6.35. The topological polar surface area (TPSA) is 41.3 Å². The minimum absolute atomic E-state index is 0.00457. The predicted molar refractivity (Wildman–Crippen MR) is 124 cm³/mol. The molecule has 3 aromatic rings. The van der Waals surface area contributed by atoms with Crippen LogP contribution in [-0.2, 0) is 0 Å². The van der Waals surface area contributed by atoms with Crippen molar-refractivity contribution in [2.75, 3.05) is 0 Å². The Kier molecular flexibility index (Phi) is 5.72. The van der Waals surface area contributed by atoms with Crippen LogP contribution in [0.1, 0.15) is 49.2 Å². The number of thiocarbonyl (C=S) groups is 1. The molecule has 0 amide bonds. The largest absolute Gasteiger partial charge is 0.452 e. The minimum atomic E-state index is -0.0289. The Balaban J connectivity index is 1.47. The molecule has 7 heteroatoms. The van der Waals surface area contributed by atoms with E-state index in [0.29, 0.717) is 6.04 Å². The SMILES string of the molecule is S=C1N[C@@H](c2ccccn2)[C@@H](c2ccc(Sc3ccc(Cl)cc3)o2)N1C1CCCC1. The third-order valence-corrected chi connectivity index (χ3v) is 7.29. The van der Waals surface area contributed by atoms with Gasteiger partial charge in [0.25, 0.3) is 0 Å². The van der Waals surface area contributed by atoms with Gasteiger partial charge in [-0.3, -0.25) is 4.98 Å². The van der Waals surface area contributed by atoms with Crippen LogP contribution >= 0.6 is 35.6 Å². The molecule has 0 radical (unpaired) electrons. The first-order valence-corrected chi connectivity index (χ1v) is 11.8. The number of rotatable bonds is 5. The Morgan fingerprint density at radius 1 is 1.07 bits per heavy atom. The van der Waals surface area contributed by atoms with E-state index in [1.807, 2.05) is 48.7 Å². The molecule has 2 aliphatic rings. The van der Waals surface area contributed by atoms with Gasteiger partial charge in [-0.25, -0.2) is 0 Å². The van der Waals surface area contributed by atoms with Crippen molar-refractivity contribution in [2.45, 2.75) is 53.8 Å². The fraction of sp³-hybridized carbons (Fsp3) is 0.304. The summed E-state index contributed by atoms with van der Waals surface area (Å²) in [6, 6.07) is 18.3. The number of nitrogens with one attached hydrogen (secondary N) is 1. The molecule has 1 aliphatic heterocycles. The van der Waals surface area contributed by atoms with Crippen LogP contribution in [0, 0.1) is 0 Å². The van der Waals surface area contributed by atoms with Crippen molar-refractivity contribution in [2.24, 2.45) is 0 Å². The van der Waals surface area contributed by atoms with Gasteiger partial charge < -0.3 is 14.6 Å². The number of hydrogen-bond acceptors (Lipinski definition) is 4. The third kappa shape index (κ3) is 3.96. The highest BCUT2D eigenvalue weighted by atomic mass is 35.5. The average Bonchev–Trinajstić information content (AvgIpc) is 3.50. The summed E-state index contributed by atoms with van der Waals surface area (Å²) in [6.45, 7) is 0. The molecule has 154 valence electrons. The fourth-order valence-corrected chi connectivity index (χ4v) is 5.71. The molecule has 0 spiro atoms. The predicted octanol–water partition coefficient (Wildman–Crippen LogP) is 6.39. The second-order valence-corrected chi connectivity index (χ2v) is 9.59. The molecule has 0 bridgehead atoms. The molecule has 1 saturated heterocycles.